The zero-order valence-electron chi connectivity index (χ0n) is 12.0. The van der Waals surface area contributed by atoms with E-state index in [9.17, 15) is 9.90 Å². The van der Waals surface area contributed by atoms with Crippen molar-refractivity contribution in [1.82, 2.24) is 4.90 Å². The van der Waals surface area contributed by atoms with Gasteiger partial charge in [0.2, 0.25) is 0 Å². The standard InChI is InChI=1S/C15H21NO4/c1-11-4-3-5-13(10-17)14(11)20-12(2)15(18)16-6-8-19-9-7-16/h3-5,12,17H,6-10H2,1-2H3. The highest BCUT2D eigenvalue weighted by Crippen LogP contribution is 2.25. The number of carbonyl (C=O) groups excluding carboxylic acids is 1. The molecule has 1 saturated heterocycles. The van der Waals surface area contributed by atoms with Gasteiger partial charge in [-0.2, -0.15) is 0 Å². The molecule has 0 spiro atoms. The number of hydrogen-bond acceptors (Lipinski definition) is 4. The van der Waals surface area contributed by atoms with E-state index in [1.165, 1.54) is 0 Å². The molecule has 1 amide bonds. The van der Waals surface area contributed by atoms with E-state index < -0.39 is 6.10 Å². The second kappa shape index (κ2) is 6.72. The lowest BCUT2D eigenvalue weighted by Crippen LogP contribution is -2.46. The predicted octanol–water partition coefficient (Wildman–Crippen LogP) is 1.11. The number of benzene rings is 1. The van der Waals surface area contributed by atoms with Crippen molar-refractivity contribution >= 4 is 5.91 Å². The number of rotatable bonds is 4. The maximum absolute atomic E-state index is 12.3. The molecule has 1 fully saturated rings. The topological polar surface area (TPSA) is 59.0 Å². The smallest absolute Gasteiger partial charge is 0.263 e. The number of hydrogen-bond donors (Lipinski definition) is 1. The third kappa shape index (κ3) is 3.29. The van der Waals surface area contributed by atoms with Crippen molar-refractivity contribution in [2.45, 2.75) is 26.6 Å². The van der Waals surface area contributed by atoms with Crippen LogP contribution in [0.4, 0.5) is 0 Å². The average Bonchev–Trinajstić information content (AvgIpc) is 2.49. The second-order valence-corrected chi connectivity index (χ2v) is 4.92. The molecule has 0 radical (unpaired) electrons. The van der Waals surface area contributed by atoms with Crippen molar-refractivity contribution in [3.8, 4) is 5.75 Å². The summed E-state index contributed by atoms with van der Waals surface area (Å²) in [5, 5.41) is 9.35. The number of aryl methyl sites for hydroxylation is 1. The largest absolute Gasteiger partial charge is 0.480 e. The normalized spacial score (nSPS) is 16.9. The molecule has 0 aromatic heterocycles. The number of amides is 1. The fraction of sp³-hybridized carbons (Fsp3) is 0.533. The van der Waals surface area contributed by atoms with E-state index in [0.29, 0.717) is 37.6 Å². The number of morpholine rings is 1. The molecule has 1 aliphatic rings. The number of carbonyl (C=O) groups is 1. The summed E-state index contributed by atoms with van der Waals surface area (Å²) in [5.74, 6) is 0.560. The molecule has 1 N–H and O–H groups in total. The number of nitrogens with zero attached hydrogens (tertiary/aromatic N) is 1. The van der Waals surface area contributed by atoms with E-state index in [1.54, 1.807) is 17.9 Å². The third-order valence-electron chi connectivity index (χ3n) is 3.43. The van der Waals surface area contributed by atoms with Gasteiger partial charge in [-0.3, -0.25) is 4.79 Å². The van der Waals surface area contributed by atoms with E-state index in [-0.39, 0.29) is 12.5 Å². The van der Waals surface area contributed by atoms with Gasteiger partial charge in [0.05, 0.1) is 19.8 Å². The van der Waals surface area contributed by atoms with Crippen LogP contribution in [-0.4, -0.2) is 48.3 Å². The van der Waals surface area contributed by atoms with Crippen LogP contribution in [0, 0.1) is 6.92 Å². The first-order valence-electron chi connectivity index (χ1n) is 6.86. The first-order valence-corrected chi connectivity index (χ1v) is 6.86. The van der Waals surface area contributed by atoms with Crippen molar-refractivity contribution in [3.05, 3.63) is 29.3 Å². The first kappa shape index (κ1) is 14.8. The summed E-state index contributed by atoms with van der Waals surface area (Å²) in [7, 11) is 0. The minimum atomic E-state index is -0.570. The Balaban J connectivity index is 2.07. The van der Waals surface area contributed by atoms with Crippen LogP contribution in [0.2, 0.25) is 0 Å². The first-order chi connectivity index (χ1) is 9.63. The highest BCUT2D eigenvalue weighted by atomic mass is 16.5. The molecular weight excluding hydrogens is 258 g/mol. The minimum Gasteiger partial charge on any atom is -0.480 e. The lowest BCUT2D eigenvalue weighted by molar-refractivity contribution is -0.142. The molecule has 0 bridgehead atoms. The van der Waals surface area contributed by atoms with Crippen molar-refractivity contribution in [2.24, 2.45) is 0 Å². The van der Waals surface area contributed by atoms with Gasteiger partial charge in [0.25, 0.3) is 5.91 Å². The minimum absolute atomic E-state index is 0.0413. The highest BCUT2D eigenvalue weighted by Gasteiger charge is 2.24. The molecule has 110 valence electrons. The van der Waals surface area contributed by atoms with Gasteiger partial charge < -0.3 is 19.5 Å². The van der Waals surface area contributed by atoms with E-state index in [2.05, 4.69) is 0 Å². The average molecular weight is 279 g/mol. The summed E-state index contributed by atoms with van der Waals surface area (Å²) in [6.07, 6.45) is -0.570. The Bertz CT molecular complexity index is 469. The monoisotopic (exact) mass is 279 g/mol. The molecule has 0 saturated carbocycles. The van der Waals surface area contributed by atoms with E-state index in [0.717, 1.165) is 5.56 Å². The Kier molecular flexibility index (Phi) is 4.98. The molecule has 2 rings (SSSR count). The van der Waals surface area contributed by atoms with Crippen LogP contribution in [-0.2, 0) is 16.1 Å². The SMILES string of the molecule is Cc1cccc(CO)c1OC(C)C(=O)N1CCOCC1. The van der Waals surface area contributed by atoms with Crippen molar-refractivity contribution < 1.29 is 19.4 Å². The Hall–Kier alpha value is -1.59. The summed E-state index contributed by atoms with van der Waals surface area (Å²) < 4.78 is 11.0. The maximum Gasteiger partial charge on any atom is 0.263 e. The third-order valence-corrected chi connectivity index (χ3v) is 3.43. The Morgan fingerprint density at radius 1 is 1.45 bits per heavy atom. The molecule has 1 aromatic rings. The fourth-order valence-corrected chi connectivity index (χ4v) is 2.27. The summed E-state index contributed by atoms with van der Waals surface area (Å²) in [4.78, 5) is 14.1. The molecule has 1 heterocycles. The van der Waals surface area contributed by atoms with Crippen LogP contribution < -0.4 is 4.74 Å². The Labute approximate surface area is 119 Å². The Morgan fingerprint density at radius 3 is 2.80 bits per heavy atom. The van der Waals surface area contributed by atoms with Crippen molar-refractivity contribution in [1.29, 1.82) is 0 Å². The lowest BCUT2D eigenvalue weighted by atomic mass is 10.1. The van der Waals surface area contributed by atoms with Gasteiger partial charge in [-0.25, -0.2) is 0 Å². The molecular formula is C15H21NO4. The van der Waals surface area contributed by atoms with Gasteiger partial charge in [0.1, 0.15) is 5.75 Å². The van der Waals surface area contributed by atoms with Crippen molar-refractivity contribution in [3.63, 3.8) is 0 Å². The molecule has 5 heteroatoms. The zero-order valence-corrected chi connectivity index (χ0v) is 12.0. The fourth-order valence-electron chi connectivity index (χ4n) is 2.27. The van der Waals surface area contributed by atoms with E-state index >= 15 is 0 Å². The van der Waals surface area contributed by atoms with Gasteiger partial charge in [0.15, 0.2) is 6.10 Å². The van der Waals surface area contributed by atoms with Gasteiger partial charge in [0, 0.05) is 18.7 Å². The number of para-hydroxylation sites is 1. The molecule has 1 unspecified atom stereocenters. The zero-order chi connectivity index (χ0) is 14.5. The van der Waals surface area contributed by atoms with Gasteiger partial charge in [-0.05, 0) is 19.4 Å². The number of ether oxygens (including phenoxy) is 2. The predicted molar refractivity (Wildman–Crippen MR) is 74.6 cm³/mol. The Morgan fingerprint density at radius 2 is 2.15 bits per heavy atom. The molecule has 1 aromatic carbocycles. The molecule has 1 atom stereocenters. The quantitative estimate of drug-likeness (QED) is 0.897. The second-order valence-electron chi connectivity index (χ2n) is 4.92. The summed E-state index contributed by atoms with van der Waals surface area (Å²) in [6, 6.07) is 5.57. The van der Waals surface area contributed by atoms with Crippen LogP contribution in [0.1, 0.15) is 18.1 Å². The van der Waals surface area contributed by atoms with Crippen LogP contribution in [0.3, 0.4) is 0 Å². The van der Waals surface area contributed by atoms with Crippen LogP contribution >= 0.6 is 0 Å². The van der Waals surface area contributed by atoms with Crippen LogP contribution in [0.15, 0.2) is 18.2 Å². The number of aliphatic hydroxyl groups excluding tert-OH is 1. The summed E-state index contributed by atoms with van der Waals surface area (Å²) >= 11 is 0. The van der Waals surface area contributed by atoms with Crippen LogP contribution in [0.5, 0.6) is 5.75 Å². The summed E-state index contributed by atoms with van der Waals surface area (Å²) in [6.45, 7) is 5.90. The molecule has 5 nitrogen and oxygen atoms in total. The van der Waals surface area contributed by atoms with Gasteiger partial charge in [-0.1, -0.05) is 18.2 Å². The van der Waals surface area contributed by atoms with Crippen molar-refractivity contribution in [2.75, 3.05) is 26.3 Å². The number of aliphatic hydroxyl groups is 1. The maximum atomic E-state index is 12.3. The van der Waals surface area contributed by atoms with E-state index in [1.807, 2.05) is 19.1 Å². The molecule has 0 aliphatic carbocycles. The molecule has 20 heavy (non-hydrogen) atoms. The highest BCUT2D eigenvalue weighted by molar-refractivity contribution is 5.81. The van der Waals surface area contributed by atoms with Gasteiger partial charge in [-0.15, -0.1) is 0 Å². The van der Waals surface area contributed by atoms with Crippen LogP contribution in [0.25, 0.3) is 0 Å². The van der Waals surface area contributed by atoms with Gasteiger partial charge >= 0.3 is 0 Å². The lowest BCUT2D eigenvalue weighted by Gasteiger charge is -2.29. The molecule has 1 aliphatic heterocycles. The summed E-state index contributed by atoms with van der Waals surface area (Å²) in [5.41, 5.74) is 1.62. The van der Waals surface area contributed by atoms with E-state index in [4.69, 9.17) is 9.47 Å².